The van der Waals surface area contributed by atoms with Gasteiger partial charge in [0.05, 0.1) is 0 Å². The molecule has 4 nitrogen and oxygen atoms in total. The quantitative estimate of drug-likeness (QED) is 0.693. The third-order valence-corrected chi connectivity index (χ3v) is 1.85. The molecule has 0 amide bonds. The van der Waals surface area contributed by atoms with E-state index in [-0.39, 0.29) is 19.0 Å². The van der Waals surface area contributed by atoms with Gasteiger partial charge in [-0.1, -0.05) is 30.3 Å². The minimum Gasteiger partial charge on any atom is -0.480 e. The predicted molar refractivity (Wildman–Crippen MR) is 61.0 cm³/mol. The van der Waals surface area contributed by atoms with Crippen molar-refractivity contribution in [1.29, 1.82) is 0 Å². The van der Waals surface area contributed by atoms with Gasteiger partial charge in [-0.15, -0.1) is 12.4 Å². The largest absolute Gasteiger partial charge is 0.480 e. The summed E-state index contributed by atoms with van der Waals surface area (Å²) in [6, 6.07) is 8.92. The van der Waals surface area contributed by atoms with Crippen molar-refractivity contribution in [3.8, 4) is 0 Å². The van der Waals surface area contributed by atoms with E-state index in [2.05, 4.69) is 5.32 Å². The molecule has 1 aromatic carbocycles. The van der Waals surface area contributed by atoms with Gasteiger partial charge in [0.1, 0.15) is 6.04 Å². The smallest absolute Gasteiger partial charge is 0.321 e. The summed E-state index contributed by atoms with van der Waals surface area (Å²) in [7, 11) is 0. The molecule has 0 heterocycles. The van der Waals surface area contributed by atoms with Crippen LogP contribution in [-0.4, -0.2) is 23.7 Å². The number of nitrogens with one attached hydrogen (secondary N) is 1. The first kappa shape index (κ1) is 13.9. The van der Waals surface area contributed by atoms with E-state index in [4.69, 9.17) is 10.8 Å². The van der Waals surface area contributed by atoms with Gasteiger partial charge >= 0.3 is 5.97 Å². The molecule has 15 heavy (non-hydrogen) atoms. The minimum absolute atomic E-state index is 0. The highest BCUT2D eigenvalue weighted by molar-refractivity contribution is 5.85. The molecule has 0 aliphatic carbocycles. The Morgan fingerprint density at radius 2 is 2.00 bits per heavy atom. The lowest BCUT2D eigenvalue weighted by Gasteiger charge is -2.07. The molecule has 1 aromatic rings. The zero-order chi connectivity index (χ0) is 10.4. The maximum atomic E-state index is 10.4. The van der Waals surface area contributed by atoms with E-state index in [1.54, 1.807) is 0 Å². The average Bonchev–Trinajstić information content (AvgIpc) is 2.19. The predicted octanol–water partition coefficient (Wildman–Crippen LogP) is 0.610. The Morgan fingerprint density at radius 1 is 1.40 bits per heavy atom. The minimum atomic E-state index is -0.981. The van der Waals surface area contributed by atoms with E-state index >= 15 is 0 Å². The zero-order valence-corrected chi connectivity index (χ0v) is 9.04. The molecule has 1 unspecified atom stereocenters. The molecule has 0 aliphatic rings. The molecular weight excluding hydrogens is 216 g/mol. The van der Waals surface area contributed by atoms with E-state index in [0.717, 1.165) is 5.56 Å². The summed E-state index contributed by atoms with van der Waals surface area (Å²) in [5, 5.41) is 11.5. The Morgan fingerprint density at radius 3 is 2.53 bits per heavy atom. The van der Waals surface area contributed by atoms with Gasteiger partial charge < -0.3 is 16.2 Å². The van der Waals surface area contributed by atoms with Crippen molar-refractivity contribution in [3.05, 3.63) is 35.9 Å². The van der Waals surface area contributed by atoms with Gasteiger partial charge in [-0.3, -0.25) is 4.79 Å². The number of rotatable bonds is 5. The van der Waals surface area contributed by atoms with Crippen LogP contribution in [0.1, 0.15) is 5.56 Å². The number of hydrogen-bond acceptors (Lipinski definition) is 3. The molecule has 0 saturated heterocycles. The number of halogens is 1. The number of carbonyl (C=O) groups is 1. The van der Waals surface area contributed by atoms with Crippen molar-refractivity contribution in [1.82, 2.24) is 5.32 Å². The topological polar surface area (TPSA) is 75.3 Å². The third-order valence-electron chi connectivity index (χ3n) is 1.85. The monoisotopic (exact) mass is 230 g/mol. The fraction of sp³-hybridized carbons (Fsp3) is 0.300. The standard InChI is InChI=1S/C10H14N2O2.ClH/c11-9(10(13)14)7-12-6-8-4-2-1-3-5-8;/h1-5,9,12H,6-7,11H2,(H,13,14);1H. The van der Waals surface area contributed by atoms with Gasteiger partial charge in [-0.25, -0.2) is 0 Å². The lowest BCUT2D eigenvalue weighted by atomic mass is 10.2. The average molecular weight is 231 g/mol. The molecule has 1 rings (SSSR count). The fourth-order valence-corrected chi connectivity index (χ4v) is 1.06. The third kappa shape index (κ3) is 5.37. The maximum absolute atomic E-state index is 10.4. The number of carboxylic acid groups (broad SMARTS) is 1. The lowest BCUT2D eigenvalue weighted by Crippen LogP contribution is -2.40. The molecule has 84 valence electrons. The Bertz CT molecular complexity index is 293. The Kier molecular flexibility index (Phi) is 6.70. The van der Waals surface area contributed by atoms with Crippen molar-refractivity contribution in [2.75, 3.05) is 6.54 Å². The molecule has 5 heteroatoms. The SMILES string of the molecule is Cl.NC(CNCc1ccccc1)C(=O)O. The molecule has 4 N–H and O–H groups in total. The lowest BCUT2D eigenvalue weighted by molar-refractivity contribution is -0.138. The maximum Gasteiger partial charge on any atom is 0.321 e. The van der Waals surface area contributed by atoms with Crippen LogP contribution in [0.5, 0.6) is 0 Å². The highest BCUT2D eigenvalue weighted by Gasteiger charge is 2.09. The fourth-order valence-electron chi connectivity index (χ4n) is 1.06. The van der Waals surface area contributed by atoms with Crippen molar-refractivity contribution in [3.63, 3.8) is 0 Å². The van der Waals surface area contributed by atoms with Gasteiger partial charge in [0, 0.05) is 13.1 Å². The van der Waals surface area contributed by atoms with Crippen LogP contribution in [-0.2, 0) is 11.3 Å². The normalized spacial score (nSPS) is 11.5. The molecule has 0 aromatic heterocycles. The van der Waals surface area contributed by atoms with Gasteiger partial charge in [-0.05, 0) is 5.56 Å². The number of hydrogen-bond donors (Lipinski definition) is 3. The second kappa shape index (κ2) is 7.23. The van der Waals surface area contributed by atoms with Gasteiger partial charge in [-0.2, -0.15) is 0 Å². The molecular formula is C10H15ClN2O2. The first-order valence-electron chi connectivity index (χ1n) is 4.43. The Labute approximate surface area is 94.9 Å². The van der Waals surface area contributed by atoms with Gasteiger partial charge in [0.25, 0.3) is 0 Å². The van der Waals surface area contributed by atoms with E-state index < -0.39 is 12.0 Å². The Hall–Kier alpha value is -1.10. The van der Waals surface area contributed by atoms with Crippen molar-refractivity contribution in [2.45, 2.75) is 12.6 Å². The highest BCUT2D eigenvalue weighted by Crippen LogP contribution is 1.96. The van der Waals surface area contributed by atoms with E-state index in [0.29, 0.717) is 6.54 Å². The molecule has 0 saturated carbocycles. The van der Waals surface area contributed by atoms with Crippen LogP contribution in [0, 0.1) is 0 Å². The van der Waals surface area contributed by atoms with Crippen LogP contribution < -0.4 is 11.1 Å². The second-order valence-electron chi connectivity index (χ2n) is 3.06. The van der Waals surface area contributed by atoms with Gasteiger partial charge in [0.15, 0.2) is 0 Å². The molecule has 0 aliphatic heterocycles. The molecule has 0 fully saturated rings. The summed E-state index contributed by atoms with van der Waals surface area (Å²) in [5.74, 6) is -0.981. The zero-order valence-electron chi connectivity index (χ0n) is 8.22. The molecule has 0 spiro atoms. The molecule has 1 atom stereocenters. The van der Waals surface area contributed by atoms with Crippen molar-refractivity contribution in [2.24, 2.45) is 5.73 Å². The van der Waals surface area contributed by atoms with Crippen LogP contribution in [0.15, 0.2) is 30.3 Å². The number of nitrogens with two attached hydrogens (primary N) is 1. The van der Waals surface area contributed by atoms with Crippen LogP contribution in [0.4, 0.5) is 0 Å². The highest BCUT2D eigenvalue weighted by atomic mass is 35.5. The summed E-state index contributed by atoms with van der Waals surface area (Å²) in [4.78, 5) is 10.4. The summed E-state index contributed by atoms with van der Waals surface area (Å²) in [6.45, 7) is 0.923. The molecule has 0 bridgehead atoms. The van der Waals surface area contributed by atoms with Crippen molar-refractivity contribution >= 4 is 18.4 Å². The van der Waals surface area contributed by atoms with E-state index in [1.807, 2.05) is 30.3 Å². The second-order valence-corrected chi connectivity index (χ2v) is 3.06. The first-order chi connectivity index (χ1) is 6.70. The summed E-state index contributed by atoms with van der Waals surface area (Å²) in [5.41, 5.74) is 6.43. The van der Waals surface area contributed by atoms with Crippen LogP contribution in [0.3, 0.4) is 0 Å². The molecule has 0 radical (unpaired) electrons. The first-order valence-corrected chi connectivity index (χ1v) is 4.43. The van der Waals surface area contributed by atoms with Gasteiger partial charge in [0.2, 0.25) is 0 Å². The van der Waals surface area contributed by atoms with E-state index in [9.17, 15) is 4.79 Å². The summed E-state index contributed by atoms with van der Waals surface area (Å²) in [6.07, 6.45) is 0. The van der Waals surface area contributed by atoms with Crippen LogP contribution in [0.25, 0.3) is 0 Å². The van der Waals surface area contributed by atoms with Crippen molar-refractivity contribution < 1.29 is 9.90 Å². The summed E-state index contributed by atoms with van der Waals surface area (Å²) < 4.78 is 0. The summed E-state index contributed by atoms with van der Waals surface area (Å²) >= 11 is 0. The number of carboxylic acids is 1. The van der Waals surface area contributed by atoms with Crippen LogP contribution in [0.2, 0.25) is 0 Å². The Balaban J connectivity index is 0.00000196. The van der Waals surface area contributed by atoms with E-state index in [1.165, 1.54) is 0 Å². The van der Waals surface area contributed by atoms with Crippen LogP contribution >= 0.6 is 12.4 Å². The number of aliphatic carboxylic acids is 1. The number of benzene rings is 1.